The molecule has 0 fully saturated rings. The molecule has 0 aromatic heterocycles. The Labute approximate surface area is 206 Å². The maximum atomic E-state index is 13.3. The number of hydrogen-bond donors (Lipinski definition) is 1. The number of carbonyl (C=O) groups is 2. The van der Waals surface area contributed by atoms with Gasteiger partial charge in [-0.05, 0) is 59.4 Å². The summed E-state index contributed by atoms with van der Waals surface area (Å²) in [5, 5.41) is 5.98. The summed E-state index contributed by atoms with van der Waals surface area (Å²) in [6, 6.07) is 17.9. The molecule has 3 aromatic carbocycles. The Balaban J connectivity index is 1.53. The van der Waals surface area contributed by atoms with E-state index in [1.165, 1.54) is 10.8 Å². The number of esters is 1. The minimum absolute atomic E-state index is 0.188. The SMILES string of the molecule is CCCCCC(=O)Oc1ccc([C@@H]2Nc3ccc4ccccc4c3C3=C2C(=O)CCC3)cc1OC. The van der Waals surface area contributed by atoms with Crippen LogP contribution in [-0.2, 0) is 9.59 Å². The molecule has 1 aliphatic carbocycles. The van der Waals surface area contributed by atoms with Crippen LogP contribution >= 0.6 is 0 Å². The molecule has 35 heavy (non-hydrogen) atoms. The van der Waals surface area contributed by atoms with Crippen LogP contribution in [0.25, 0.3) is 16.3 Å². The Morgan fingerprint density at radius 1 is 1.03 bits per heavy atom. The first-order valence-corrected chi connectivity index (χ1v) is 12.5. The predicted molar refractivity (Wildman–Crippen MR) is 139 cm³/mol. The molecule has 5 heteroatoms. The number of nitrogens with one attached hydrogen (secondary N) is 1. The maximum Gasteiger partial charge on any atom is 0.311 e. The molecule has 1 aliphatic heterocycles. The van der Waals surface area contributed by atoms with Gasteiger partial charge in [0, 0.05) is 29.7 Å². The highest BCUT2D eigenvalue weighted by Crippen LogP contribution is 2.48. The number of carbonyl (C=O) groups excluding carboxylic acids is 2. The van der Waals surface area contributed by atoms with E-state index >= 15 is 0 Å². The van der Waals surface area contributed by atoms with Crippen molar-refractivity contribution < 1.29 is 19.1 Å². The molecule has 2 aliphatic rings. The van der Waals surface area contributed by atoms with Crippen LogP contribution < -0.4 is 14.8 Å². The van der Waals surface area contributed by atoms with Crippen molar-refractivity contribution in [1.29, 1.82) is 0 Å². The average molecular weight is 470 g/mol. The van der Waals surface area contributed by atoms with Gasteiger partial charge in [0.2, 0.25) is 0 Å². The summed E-state index contributed by atoms with van der Waals surface area (Å²) in [5.41, 5.74) is 5.07. The fourth-order valence-corrected chi connectivity index (χ4v) is 5.29. The molecule has 5 nitrogen and oxygen atoms in total. The third-order valence-corrected chi connectivity index (χ3v) is 7.00. The molecule has 0 amide bonds. The maximum absolute atomic E-state index is 13.3. The number of rotatable bonds is 7. The summed E-state index contributed by atoms with van der Waals surface area (Å²) in [6.45, 7) is 2.10. The lowest BCUT2D eigenvalue weighted by molar-refractivity contribution is -0.134. The Bertz CT molecular complexity index is 1320. The number of ketones is 1. The van der Waals surface area contributed by atoms with Crippen molar-refractivity contribution in [3.05, 3.63) is 71.3 Å². The fraction of sp³-hybridized carbons (Fsp3) is 0.333. The van der Waals surface area contributed by atoms with E-state index in [1.54, 1.807) is 13.2 Å². The average Bonchev–Trinajstić information content (AvgIpc) is 2.88. The van der Waals surface area contributed by atoms with Gasteiger partial charge in [0.15, 0.2) is 17.3 Å². The number of methoxy groups -OCH3 is 1. The molecule has 3 aromatic rings. The van der Waals surface area contributed by atoms with E-state index in [9.17, 15) is 9.59 Å². The molecular weight excluding hydrogens is 438 g/mol. The zero-order valence-electron chi connectivity index (χ0n) is 20.4. The van der Waals surface area contributed by atoms with Crippen molar-refractivity contribution in [3.63, 3.8) is 0 Å². The summed E-state index contributed by atoms with van der Waals surface area (Å²) in [7, 11) is 1.57. The van der Waals surface area contributed by atoms with Crippen LogP contribution in [0.15, 0.2) is 60.2 Å². The molecule has 0 unspecified atom stereocenters. The van der Waals surface area contributed by atoms with E-state index in [2.05, 4.69) is 36.5 Å². The molecule has 1 heterocycles. The molecule has 0 bridgehead atoms. The van der Waals surface area contributed by atoms with Gasteiger partial charge < -0.3 is 14.8 Å². The van der Waals surface area contributed by atoms with Gasteiger partial charge in [-0.3, -0.25) is 9.59 Å². The van der Waals surface area contributed by atoms with Crippen molar-refractivity contribution >= 4 is 33.8 Å². The number of Topliss-reactive ketones (excluding diaryl/α,β-unsaturated/α-hetero) is 1. The zero-order chi connectivity index (χ0) is 24.4. The number of allylic oxidation sites excluding steroid dienone is 1. The van der Waals surface area contributed by atoms with Crippen LogP contribution in [-0.4, -0.2) is 18.9 Å². The lowest BCUT2D eigenvalue weighted by Crippen LogP contribution is -2.27. The summed E-state index contributed by atoms with van der Waals surface area (Å²) >= 11 is 0. The van der Waals surface area contributed by atoms with Crippen LogP contribution in [0.3, 0.4) is 0 Å². The van der Waals surface area contributed by atoms with Crippen molar-refractivity contribution in [2.75, 3.05) is 12.4 Å². The number of unbranched alkanes of at least 4 members (excludes halogenated alkanes) is 2. The zero-order valence-corrected chi connectivity index (χ0v) is 20.4. The second-order valence-corrected chi connectivity index (χ2v) is 9.30. The van der Waals surface area contributed by atoms with Crippen molar-refractivity contribution in [2.24, 2.45) is 0 Å². The fourth-order valence-electron chi connectivity index (χ4n) is 5.29. The van der Waals surface area contributed by atoms with Crippen LogP contribution in [0.4, 0.5) is 5.69 Å². The van der Waals surface area contributed by atoms with Gasteiger partial charge in [0.1, 0.15) is 0 Å². The van der Waals surface area contributed by atoms with Gasteiger partial charge in [-0.2, -0.15) is 0 Å². The topological polar surface area (TPSA) is 64.6 Å². The summed E-state index contributed by atoms with van der Waals surface area (Å²) in [5.74, 6) is 0.827. The normalized spacial score (nSPS) is 17.0. The van der Waals surface area contributed by atoms with Crippen molar-refractivity contribution in [2.45, 2.75) is 57.9 Å². The second-order valence-electron chi connectivity index (χ2n) is 9.30. The molecule has 0 saturated heterocycles. The standard InChI is InChI=1S/C30H31NO4/c1-3-4-5-13-27(33)35-25-17-15-20(18-26(25)34-2)30-29-22(11-8-12-24(29)32)28-21-10-7-6-9-19(21)14-16-23(28)31-30/h6-7,9-10,14-18,30-31H,3-5,8,11-13H2,1-2H3/t30-/m0/s1. The minimum atomic E-state index is -0.283. The van der Waals surface area contributed by atoms with Gasteiger partial charge >= 0.3 is 5.97 Å². The lowest BCUT2D eigenvalue weighted by atomic mass is 9.77. The van der Waals surface area contributed by atoms with Gasteiger partial charge in [0.05, 0.1) is 13.2 Å². The summed E-state index contributed by atoms with van der Waals surface area (Å²) in [6.07, 6.45) is 5.55. The molecule has 1 atom stereocenters. The number of fused-ring (bicyclic) bond motifs is 4. The Morgan fingerprint density at radius 3 is 2.71 bits per heavy atom. The molecule has 180 valence electrons. The smallest absolute Gasteiger partial charge is 0.311 e. The predicted octanol–water partition coefficient (Wildman–Crippen LogP) is 7.01. The molecule has 5 rings (SSSR count). The monoisotopic (exact) mass is 469 g/mol. The van der Waals surface area contributed by atoms with Gasteiger partial charge in [-0.25, -0.2) is 0 Å². The van der Waals surface area contributed by atoms with Gasteiger partial charge in [-0.1, -0.05) is 56.2 Å². The van der Waals surface area contributed by atoms with Crippen LogP contribution in [0.1, 0.15) is 69.0 Å². The molecule has 0 spiro atoms. The first-order chi connectivity index (χ1) is 17.1. The Kier molecular flexibility index (Phi) is 6.58. The highest BCUT2D eigenvalue weighted by atomic mass is 16.6. The van der Waals surface area contributed by atoms with Gasteiger partial charge in [-0.15, -0.1) is 0 Å². The highest BCUT2D eigenvalue weighted by molar-refractivity contribution is 6.12. The molecular formula is C30H31NO4. The van der Waals surface area contributed by atoms with Crippen molar-refractivity contribution in [1.82, 2.24) is 0 Å². The van der Waals surface area contributed by atoms with E-state index in [1.807, 2.05) is 24.3 Å². The number of ether oxygens (including phenoxy) is 2. The molecule has 0 radical (unpaired) electrons. The van der Waals surface area contributed by atoms with E-state index in [0.29, 0.717) is 24.3 Å². The number of hydrogen-bond acceptors (Lipinski definition) is 5. The molecule has 0 saturated carbocycles. The largest absolute Gasteiger partial charge is 0.493 e. The Morgan fingerprint density at radius 2 is 1.89 bits per heavy atom. The third-order valence-electron chi connectivity index (χ3n) is 7.00. The Hall–Kier alpha value is -3.60. The first kappa shape index (κ1) is 23.2. The van der Waals surface area contributed by atoms with Crippen LogP contribution in [0.2, 0.25) is 0 Å². The second kappa shape index (κ2) is 9.95. The van der Waals surface area contributed by atoms with E-state index < -0.39 is 0 Å². The lowest BCUT2D eigenvalue weighted by Gasteiger charge is -2.35. The molecule has 1 N–H and O–H groups in total. The summed E-state index contributed by atoms with van der Waals surface area (Å²) < 4.78 is 11.2. The summed E-state index contributed by atoms with van der Waals surface area (Å²) in [4.78, 5) is 25.5. The van der Waals surface area contributed by atoms with Crippen molar-refractivity contribution in [3.8, 4) is 11.5 Å². The van der Waals surface area contributed by atoms with E-state index in [-0.39, 0.29) is 17.8 Å². The van der Waals surface area contributed by atoms with Gasteiger partial charge in [0.25, 0.3) is 0 Å². The van der Waals surface area contributed by atoms with Crippen LogP contribution in [0.5, 0.6) is 11.5 Å². The first-order valence-electron chi connectivity index (χ1n) is 12.5. The minimum Gasteiger partial charge on any atom is -0.493 e. The quantitative estimate of drug-likeness (QED) is 0.229. The third kappa shape index (κ3) is 4.43. The number of anilines is 1. The van der Waals surface area contributed by atoms with E-state index in [4.69, 9.17) is 9.47 Å². The van der Waals surface area contributed by atoms with E-state index in [0.717, 1.165) is 60.1 Å². The van der Waals surface area contributed by atoms with Crippen LogP contribution in [0, 0.1) is 0 Å². The highest BCUT2D eigenvalue weighted by Gasteiger charge is 2.35. The number of benzene rings is 3.